The molecule has 1 N–H and O–H groups in total. The smallest absolute Gasteiger partial charge is 0.244 e. The van der Waals surface area contributed by atoms with Crippen LogP contribution in [0.4, 0.5) is 0 Å². The van der Waals surface area contributed by atoms with Crippen LogP contribution in [0, 0.1) is 0 Å². The molecule has 6 heteroatoms. The number of aromatic nitrogens is 1. The van der Waals surface area contributed by atoms with Crippen LogP contribution in [0.5, 0.6) is 0 Å². The average Bonchev–Trinajstić information content (AvgIpc) is 2.72. The molecule has 1 aromatic heterocycles. The van der Waals surface area contributed by atoms with E-state index < -0.39 is 0 Å². The van der Waals surface area contributed by atoms with Crippen molar-refractivity contribution in [3.63, 3.8) is 0 Å². The second-order valence-electron chi connectivity index (χ2n) is 4.85. The number of nitrogens with one attached hydrogen (secondary N) is 1. The topological polar surface area (TPSA) is 61.6 Å². The van der Waals surface area contributed by atoms with Crippen molar-refractivity contribution < 1.29 is 9.21 Å². The van der Waals surface area contributed by atoms with Gasteiger partial charge in [-0.05, 0) is 28.2 Å². The molecule has 0 aliphatic rings. The summed E-state index contributed by atoms with van der Waals surface area (Å²) in [5, 5.41) is 2.76. The lowest BCUT2D eigenvalue weighted by molar-refractivity contribution is -0.116. The van der Waals surface area contributed by atoms with Crippen molar-refractivity contribution in [1.82, 2.24) is 20.1 Å². The molecule has 1 rings (SSSR count). The van der Waals surface area contributed by atoms with Gasteiger partial charge in [0.1, 0.15) is 6.26 Å². The maximum Gasteiger partial charge on any atom is 0.244 e. The molecule has 0 spiro atoms. The van der Waals surface area contributed by atoms with Crippen molar-refractivity contribution in [2.75, 3.05) is 34.7 Å². The molecule has 0 fully saturated rings. The third kappa shape index (κ3) is 6.73. The lowest BCUT2D eigenvalue weighted by atomic mass is 10.4. The fourth-order valence-electron chi connectivity index (χ4n) is 1.38. The van der Waals surface area contributed by atoms with E-state index in [4.69, 9.17) is 4.42 Å². The van der Waals surface area contributed by atoms with Gasteiger partial charge in [0.2, 0.25) is 11.8 Å². The molecule has 0 unspecified atom stereocenters. The van der Waals surface area contributed by atoms with Crippen LogP contribution in [0.15, 0.2) is 22.8 Å². The van der Waals surface area contributed by atoms with E-state index >= 15 is 0 Å². The van der Waals surface area contributed by atoms with Gasteiger partial charge in [-0.25, -0.2) is 4.98 Å². The molecule has 0 atom stereocenters. The van der Waals surface area contributed by atoms with Crippen molar-refractivity contribution in [3.05, 3.63) is 30.0 Å². The Morgan fingerprint density at radius 3 is 2.74 bits per heavy atom. The predicted molar refractivity (Wildman–Crippen MR) is 73.4 cm³/mol. The Kier molecular flexibility index (Phi) is 6.24. The Balaban J connectivity index is 2.34. The van der Waals surface area contributed by atoms with Crippen LogP contribution in [0.2, 0.25) is 0 Å². The normalized spacial score (nSPS) is 11.7. The summed E-state index contributed by atoms with van der Waals surface area (Å²) < 4.78 is 5.29. The van der Waals surface area contributed by atoms with Gasteiger partial charge in [0.15, 0.2) is 0 Å². The van der Waals surface area contributed by atoms with Gasteiger partial charge in [-0.2, -0.15) is 0 Å². The highest BCUT2D eigenvalue weighted by Gasteiger charge is 2.05. The molecule has 0 bridgehead atoms. The Morgan fingerprint density at radius 1 is 1.37 bits per heavy atom. The molecule has 0 aromatic carbocycles. The Bertz CT molecular complexity index is 424. The van der Waals surface area contributed by atoms with E-state index in [0.29, 0.717) is 19.0 Å². The van der Waals surface area contributed by atoms with Gasteiger partial charge < -0.3 is 19.5 Å². The SMILES string of the molecule is CN(C)C/C=C/C(=O)NCc1coc(CN(C)C)n1. The van der Waals surface area contributed by atoms with Gasteiger partial charge in [0.25, 0.3) is 0 Å². The first-order valence-corrected chi connectivity index (χ1v) is 6.14. The van der Waals surface area contributed by atoms with E-state index in [1.165, 1.54) is 6.08 Å². The number of oxazole rings is 1. The maximum atomic E-state index is 11.5. The molecule has 106 valence electrons. The average molecular weight is 266 g/mol. The molecular weight excluding hydrogens is 244 g/mol. The molecular formula is C13H22N4O2. The summed E-state index contributed by atoms with van der Waals surface area (Å²) in [6, 6.07) is 0. The maximum absolute atomic E-state index is 11.5. The molecule has 0 aliphatic carbocycles. The van der Waals surface area contributed by atoms with E-state index in [1.54, 1.807) is 6.26 Å². The van der Waals surface area contributed by atoms with Gasteiger partial charge in [0, 0.05) is 12.6 Å². The van der Waals surface area contributed by atoms with Crippen LogP contribution >= 0.6 is 0 Å². The first-order chi connectivity index (χ1) is 8.97. The summed E-state index contributed by atoms with van der Waals surface area (Å²) in [5.74, 6) is 0.524. The van der Waals surface area contributed by atoms with Crippen LogP contribution in [0.3, 0.4) is 0 Å². The van der Waals surface area contributed by atoms with Crippen LogP contribution in [-0.2, 0) is 17.9 Å². The predicted octanol–water partition coefficient (Wildman–Crippen LogP) is 0.470. The summed E-state index contributed by atoms with van der Waals surface area (Å²) in [7, 11) is 7.79. The van der Waals surface area contributed by atoms with Crippen LogP contribution in [-0.4, -0.2) is 55.4 Å². The number of hydrogen-bond acceptors (Lipinski definition) is 5. The Labute approximate surface area is 114 Å². The monoisotopic (exact) mass is 266 g/mol. The first-order valence-electron chi connectivity index (χ1n) is 6.14. The summed E-state index contributed by atoms with van der Waals surface area (Å²) in [6.07, 6.45) is 4.92. The highest BCUT2D eigenvalue weighted by molar-refractivity contribution is 5.87. The number of rotatable bonds is 7. The minimum absolute atomic E-state index is 0.126. The number of carbonyl (C=O) groups is 1. The zero-order chi connectivity index (χ0) is 14.3. The number of amides is 1. The number of carbonyl (C=O) groups excluding carboxylic acids is 1. The summed E-state index contributed by atoms with van der Waals surface area (Å²) in [6.45, 7) is 1.77. The molecule has 19 heavy (non-hydrogen) atoms. The van der Waals surface area contributed by atoms with Crippen molar-refractivity contribution in [2.45, 2.75) is 13.1 Å². The van der Waals surface area contributed by atoms with E-state index in [9.17, 15) is 4.79 Å². The fourth-order valence-corrected chi connectivity index (χ4v) is 1.38. The van der Waals surface area contributed by atoms with E-state index in [0.717, 1.165) is 12.2 Å². The lowest BCUT2D eigenvalue weighted by Gasteiger charge is -2.04. The van der Waals surface area contributed by atoms with Gasteiger partial charge in [0.05, 0.1) is 18.8 Å². The lowest BCUT2D eigenvalue weighted by Crippen LogP contribution is -2.21. The van der Waals surface area contributed by atoms with E-state index in [1.807, 2.05) is 44.1 Å². The largest absolute Gasteiger partial charge is 0.447 e. The molecule has 6 nitrogen and oxygen atoms in total. The highest BCUT2D eigenvalue weighted by atomic mass is 16.3. The Hall–Kier alpha value is -1.66. The van der Waals surface area contributed by atoms with Crippen LogP contribution < -0.4 is 5.32 Å². The van der Waals surface area contributed by atoms with Crippen LogP contribution in [0.25, 0.3) is 0 Å². The standard InChI is InChI=1S/C13H22N4O2/c1-16(2)7-5-6-12(18)14-8-11-10-19-13(15-11)9-17(3)4/h5-6,10H,7-9H2,1-4H3,(H,14,18)/b6-5+. The molecule has 0 saturated carbocycles. The van der Waals surface area contributed by atoms with Gasteiger partial charge in [-0.15, -0.1) is 0 Å². The van der Waals surface area contributed by atoms with Gasteiger partial charge in [-0.3, -0.25) is 4.79 Å². The molecule has 0 saturated heterocycles. The molecule has 0 radical (unpaired) electrons. The second kappa shape index (κ2) is 7.70. The zero-order valence-electron chi connectivity index (χ0n) is 12.0. The minimum Gasteiger partial charge on any atom is -0.447 e. The third-order valence-corrected chi connectivity index (χ3v) is 2.23. The van der Waals surface area contributed by atoms with Crippen LogP contribution in [0.1, 0.15) is 11.6 Å². The Morgan fingerprint density at radius 2 is 2.11 bits per heavy atom. The quantitative estimate of drug-likeness (QED) is 0.727. The second-order valence-corrected chi connectivity index (χ2v) is 4.85. The number of likely N-dealkylation sites (N-methyl/N-ethyl adjacent to an activating group) is 1. The van der Waals surface area contributed by atoms with Crippen molar-refractivity contribution in [2.24, 2.45) is 0 Å². The van der Waals surface area contributed by atoms with Crippen molar-refractivity contribution >= 4 is 5.91 Å². The zero-order valence-corrected chi connectivity index (χ0v) is 12.0. The van der Waals surface area contributed by atoms with Gasteiger partial charge >= 0.3 is 0 Å². The molecule has 1 heterocycles. The molecule has 1 aromatic rings. The van der Waals surface area contributed by atoms with E-state index in [2.05, 4.69) is 10.3 Å². The molecule has 0 aliphatic heterocycles. The van der Waals surface area contributed by atoms with Crippen molar-refractivity contribution in [1.29, 1.82) is 0 Å². The number of nitrogens with zero attached hydrogens (tertiary/aromatic N) is 3. The summed E-state index contributed by atoms with van der Waals surface area (Å²) >= 11 is 0. The first kappa shape index (κ1) is 15.4. The molecule has 1 amide bonds. The highest BCUT2D eigenvalue weighted by Crippen LogP contribution is 2.03. The fraction of sp³-hybridized carbons (Fsp3) is 0.538. The van der Waals surface area contributed by atoms with Gasteiger partial charge in [-0.1, -0.05) is 6.08 Å². The third-order valence-electron chi connectivity index (χ3n) is 2.23. The van der Waals surface area contributed by atoms with Crippen molar-refractivity contribution in [3.8, 4) is 0 Å². The van der Waals surface area contributed by atoms with E-state index in [-0.39, 0.29) is 5.91 Å². The minimum atomic E-state index is -0.126. The summed E-state index contributed by atoms with van der Waals surface area (Å²) in [4.78, 5) is 19.7. The number of hydrogen-bond donors (Lipinski definition) is 1. The summed E-state index contributed by atoms with van der Waals surface area (Å²) in [5.41, 5.74) is 0.728.